The van der Waals surface area contributed by atoms with Gasteiger partial charge in [-0.1, -0.05) is 0 Å². The van der Waals surface area contributed by atoms with Gasteiger partial charge in [-0.25, -0.2) is 13.8 Å². The smallest absolute Gasteiger partial charge is 0.296 e. The monoisotopic (exact) mass is 355 g/mol. The minimum absolute atomic E-state index is 0.00672. The molecule has 0 saturated carbocycles. The standard InChI is InChI=1S/C17H22F2N4O2/c1-22(2)11-21-13-5-6-14(24-4)16(12(13)9-20)25-15-7-8-23(3)10-17(15,18)19/h5-6,11,15H,7-8,10H2,1-4H3/i4D3. The highest BCUT2D eigenvalue weighted by molar-refractivity contribution is 5.70. The van der Waals surface area contributed by atoms with Crippen LogP contribution in [0.4, 0.5) is 14.5 Å². The molecule has 0 bridgehead atoms. The Labute approximate surface area is 150 Å². The lowest BCUT2D eigenvalue weighted by Crippen LogP contribution is -2.52. The molecule has 1 aliphatic heterocycles. The van der Waals surface area contributed by atoms with E-state index in [-0.39, 0.29) is 29.2 Å². The lowest BCUT2D eigenvalue weighted by atomic mass is 10.0. The van der Waals surface area contributed by atoms with Crippen LogP contribution in [-0.4, -0.2) is 69.4 Å². The fourth-order valence-electron chi connectivity index (χ4n) is 2.52. The minimum atomic E-state index is -3.18. The van der Waals surface area contributed by atoms with Gasteiger partial charge in [-0.15, -0.1) is 0 Å². The van der Waals surface area contributed by atoms with Gasteiger partial charge in [0.1, 0.15) is 11.6 Å². The highest BCUT2D eigenvalue weighted by Crippen LogP contribution is 2.40. The zero-order valence-electron chi connectivity index (χ0n) is 17.3. The predicted molar refractivity (Wildman–Crippen MR) is 91.0 cm³/mol. The summed E-state index contributed by atoms with van der Waals surface area (Å²) in [6, 6.07) is 4.49. The van der Waals surface area contributed by atoms with Crippen LogP contribution in [0.15, 0.2) is 17.1 Å². The summed E-state index contributed by atoms with van der Waals surface area (Å²) in [4.78, 5) is 7.22. The van der Waals surface area contributed by atoms with Gasteiger partial charge in [0.15, 0.2) is 17.6 Å². The Morgan fingerprint density at radius 2 is 2.28 bits per heavy atom. The van der Waals surface area contributed by atoms with Crippen LogP contribution in [0.25, 0.3) is 0 Å². The van der Waals surface area contributed by atoms with Crippen molar-refractivity contribution in [2.75, 3.05) is 41.3 Å². The van der Waals surface area contributed by atoms with Crippen LogP contribution in [0, 0.1) is 11.3 Å². The molecule has 136 valence electrons. The van der Waals surface area contributed by atoms with E-state index in [1.807, 2.05) is 6.07 Å². The zero-order chi connectivity index (χ0) is 21.1. The van der Waals surface area contributed by atoms with Gasteiger partial charge in [-0.2, -0.15) is 5.26 Å². The molecule has 2 rings (SSSR count). The largest absolute Gasteiger partial charge is 0.493 e. The number of likely N-dealkylation sites (tertiary alicyclic amines) is 1. The van der Waals surface area contributed by atoms with Crippen molar-refractivity contribution < 1.29 is 22.4 Å². The molecule has 0 amide bonds. The van der Waals surface area contributed by atoms with E-state index in [1.54, 1.807) is 26.0 Å². The normalized spacial score (nSPS) is 22.6. The van der Waals surface area contributed by atoms with E-state index in [0.29, 0.717) is 6.54 Å². The van der Waals surface area contributed by atoms with Gasteiger partial charge in [-0.05, 0) is 19.2 Å². The molecule has 0 aromatic heterocycles. The van der Waals surface area contributed by atoms with E-state index in [1.165, 1.54) is 23.4 Å². The van der Waals surface area contributed by atoms with Crippen LogP contribution in [-0.2, 0) is 0 Å². The summed E-state index contributed by atoms with van der Waals surface area (Å²) in [6.45, 7) is -0.135. The molecule has 0 spiro atoms. The summed E-state index contributed by atoms with van der Waals surface area (Å²) >= 11 is 0. The molecule has 0 radical (unpaired) electrons. The van der Waals surface area contributed by atoms with Crippen molar-refractivity contribution in [1.82, 2.24) is 9.80 Å². The molecule has 0 aliphatic carbocycles. The molecule has 1 aliphatic rings. The Bertz CT molecular complexity index is 779. The molecule has 1 unspecified atom stereocenters. The Balaban J connectivity index is 2.50. The second-order valence-electron chi connectivity index (χ2n) is 6.10. The average molecular weight is 355 g/mol. The van der Waals surface area contributed by atoms with Gasteiger partial charge in [0.25, 0.3) is 5.92 Å². The number of methoxy groups -OCH3 is 1. The quantitative estimate of drug-likeness (QED) is 0.600. The van der Waals surface area contributed by atoms with E-state index >= 15 is 0 Å². The first-order valence-electron chi connectivity index (χ1n) is 9.12. The fourth-order valence-corrected chi connectivity index (χ4v) is 2.52. The van der Waals surface area contributed by atoms with Crippen molar-refractivity contribution in [3.63, 3.8) is 0 Å². The number of rotatable bonds is 5. The summed E-state index contributed by atoms with van der Waals surface area (Å²) in [5, 5.41) is 9.58. The van der Waals surface area contributed by atoms with Gasteiger partial charge in [-0.3, -0.25) is 0 Å². The number of piperidine rings is 1. The number of nitrogens with zero attached hydrogens (tertiary/aromatic N) is 4. The molecular formula is C17H22F2N4O2. The van der Waals surface area contributed by atoms with Crippen LogP contribution in [0.3, 0.4) is 0 Å². The maximum Gasteiger partial charge on any atom is 0.296 e. The van der Waals surface area contributed by atoms with Crippen LogP contribution < -0.4 is 9.47 Å². The molecule has 1 aromatic rings. The molecule has 1 atom stereocenters. The van der Waals surface area contributed by atoms with E-state index in [9.17, 15) is 14.0 Å². The highest BCUT2D eigenvalue weighted by atomic mass is 19.3. The van der Waals surface area contributed by atoms with Gasteiger partial charge in [0.2, 0.25) is 0 Å². The number of halogens is 2. The summed E-state index contributed by atoms with van der Waals surface area (Å²) in [6.07, 6.45) is -0.0934. The van der Waals surface area contributed by atoms with Crippen molar-refractivity contribution in [2.24, 2.45) is 4.99 Å². The van der Waals surface area contributed by atoms with E-state index in [0.717, 1.165) is 0 Å². The molecule has 1 heterocycles. The summed E-state index contributed by atoms with van der Waals surface area (Å²) in [5.41, 5.74) is -0.0186. The number of ether oxygens (including phenoxy) is 2. The van der Waals surface area contributed by atoms with E-state index < -0.39 is 25.6 Å². The average Bonchev–Trinajstić information content (AvgIpc) is 2.54. The summed E-state index contributed by atoms with van der Waals surface area (Å²) in [5.74, 6) is -3.84. The van der Waals surface area contributed by atoms with Crippen LogP contribution in [0.2, 0.25) is 0 Å². The van der Waals surface area contributed by atoms with Crippen molar-refractivity contribution >= 4 is 12.0 Å². The number of hydrogen-bond donors (Lipinski definition) is 0. The zero-order valence-corrected chi connectivity index (χ0v) is 14.3. The SMILES string of the molecule is [2H]C([2H])([2H])Oc1ccc(N=CN(C)C)c(C#N)c1OC1CCN(C)CC1(F)F. The molecule has 25 heavy (non-hydrogen) atoms. The summed E-state index contributed by atoms with van der Waals surface area (Å²) in [7, 11) is 2.18. The van der Waals surface area contributed by atoms with Gasteiger partial charge >= 0.3 is 0 Å². The molecule has 8 heteroatoms. The van der Waals surface area contributed by atoms with Crippen LogP contribution in [0.5, 0.6) is 11.5 Å². The number of hydrogen-bond acceptors (Lipinski definition) is 5. The number of aliphatic imine (C=N–C) groups is 1. The van der Waals surface area contributed by atoms with Crippen LogP contribution >= 0.6 is 0 Å². The third-order valence-corrected chi connectivity index (χ3v) is 3.73. The maximum atomic E-state index is 14.4. The Morgan fingerprint density at radius 1 is 1.52 bits per heavy atom. The van der Waals surface area contributed by atoms with Crippen molar-refractivity contribution in [3.05, 3.63) is 17.7 Å². The number of nitriles is 1. The Hall–Kier alpha value is -2.40. The molecule has 6 nitrogen and oxygen atoms in total. The Kier molecular flexibility index (Phi) is 4.56. The van der Waals surface area contributed by atoms with Gasteiger partial charge in [0.05, 0.1) is 29.7 Å². The highest BCUT2D eigenvalue weighted by Gasteiger charge is 2.46. The van der Waals surface area contributed by atoms with Crippen molar-refractivity contribution in [1.29, 1.82) is 5.26 Å². The molecule has 1 fully saturated rings. The third-order valence-electron chi connectivity index (χ3n) is 3.73. The second kappa shape index (κ2) is 7.66. The number of benzene rings is 1. The fraction of sp³-hybridized carbons (Fsp3) is 0.529. The first kappa shape index (κ1) is 14.9. The topological polar surface area (TPSA) is 61.1 Å². The maximum absolute atomic E-state index is 14.4. The second-order valence-corrected chi connectivity index (χ2v) is 6.10. The Morgan fingerprint density at radius 3 is 2.88 bits per heavy atom. The third kappa shape index (κ3) is 4.37. The predicted octanol–water partition coefficient (Wildman–Crippen LogP) is 2.51. The van der Waals surface area contributed by atoms with E-state index in [4.69, 9.17) is 13.6 Å². The molecule has 1 saturated heterocycles. The van der Waals surface area contributed by atoms with Crippen molar-refractivity contribution in [2.45, 2.75) is 18.4 Å². The minimum Gasteiger partial charge on any atom is -0.493 e. The lowest BCUT2D eigenvalue weighted by molar-refractivity contribution is -0.135. The number of alkyl halides is 2. The first-order chi connectivity index (χ1) is 12.9. The van der Waals surface area contributed by atoms with Gasteiger partial charge < -0.3 is 19.3 Å². The van der Waals surface area contributed by atoms with Crippen LogP contribution in [0.1, 0.15) is 16.1 Å². The molecular weight excluding hydrogens is 330 g/mol. The lowest BCUT2D eigenvalue weighted by Gasteiger charge is -2.36. The van der Waals surface area contributed by atoms with E-state index in [2.05, 4.69) is 4.99 Å². The van der Waals surface area contributed by atoms with Gasteiger partial charge in [0, 0.05) is 27.1 Å². The van der Waals surface area contributed by atoms with Crippen molar-refractivity contribution in [3.8, 4) is 17.6 Å². The molecule has 1 aromatic carbocycles. The first-order valence-corrected chi connectivity index (χ1v) is 7.62. The molecule has 0 N–H and O–H groups in total. The summed E-state index contributed by atoms with van der Waals surface area (Å²) < 4.78 is 61.1.